The van der Waals surface area contributed by atoms with Crippen molar-refractivity contribution in [1.82, 2.24) is 9.78 Å². The van der Waals surface area contributed by atoms with Crippen molar-refractivity contribution in [2.75, 3.05) is 0 Å². The van der Waals surface area contributed by atoms with Crippen molar-refractivity contribution < 1.29 is 9.90 Å². The molecule has 1 aliphatic rings. The van der Waals surface area contributed by atoms with Crippen LogP contribution in [0.5, 0.6) is 0 Å². The summed E-state index contributed by atoms with van der Waals surface area (Å²) in [6, 6.07) is 1.73. The summed E-state index contributed by atoms with van der Waals surface area (Å²) in [6.07, 6.45) is 7.44. The second-order valence-electron chi connectivity index (χ2n) is 4.57. The Morgan fingerprint density at radius 1 is 1.38 bits per heavy atom. The summed E-state index contributed by atoms with van der Waals surface area (Å²) in [4.78, 5) is 10.8. The van der Waals surface area contributed by atoms with Gasteiger partial charge in [0.15, 0.2) is 5.69 Å². The van der Waals surface area contributed by atoms with Gasteiger partial charge in [-0.15, -0.1) is 0 Å². The van der Waals surface area contributed by atoms with E-state index in [9.17, 15) is 4.79 Å². The van der Waals surface area contributed by atoms with E-state index in [1.54, 1.807) is 10.7 Å². The standard InChI is InChI=1S/C12H18N2O2/c1-14-11(8-10(13-14)12(15)16)9-6-4-2-3-5-7-9/h8-9H,2-7H2,1H3,(H,15,16). The fourth-order valence-corrected chi connectivity index (χ4v) is 2.54. The minimum atomic E-state index is -0.935. The van der Waals surface area contributed by atoms with Crippen LogP contribution in [0.3, 0.4) is 0 Å². The second kappa shape index (κ2) is 4.68. The molecule has 0 aliphatic heterocycles. The summed E-state index contributed by atoms with van der Waals surface area (Å²) >= 11 is 0. The molecule has 0 unspecified atom stereocenters. The van der Waals surface area contributed by atoms with Crippen LogP contribution in [0.4, 0.5) is 0 Å². The van der Waals surface area contributed by atoms with Crippen molar-refractivity contribution in [3.05, 3.63) is 17.5 Å². The zero-order chi connectivity index (χ0) is 11.5. The molecular formula is C12H18N2O2. The van der Waals surface area contributed by atoms with Gasteiger partial charge < -0.3 is 5.11 Å². The lowest BCUT2D eigenvalue weighted by Gasteiger charge is -2.13. The Morgan fingerprint density at radius 3 is 2.50 bits per heavy atom. The molecule has 88 valence electrons. The zero-order valence-electron chi connectivity index (χ0n) is 9.65. The average molecular weight is 222 g/mol. The number of carboxylic acids is 1. The van der Waals surface area contributed by atoms with Crippen LogP contribution in [0.15, 0.2) is 6.07 Å². The highest BCUT2D eigenvalue weighted by atomic mass is 16.4. The predicted molar refractivity (Wildman–Crippen MR) is 60.6 cm³/mol. The van der Waals surface area contributed by atoms with Crippen molar-refractivity contribution in [1.29, 1.82) is 0 Å². The van der Waals surface area contributed by atoms with E-state index in [1.807, 2.05) is 7.05 Å². The van der Waals surface area contributed by atoms with Gasteiger partial charge in [0.1, 0.15) is 0 Å². The van der Waals surface area contributed by atoms with Crippen molar-refractivity contribution in [2.45, 2.75) is 44.4 Å². The molecule has 0 radical (unpaired) electrons. The lowest BCUT2D eigenvalue weighted by atomic mass is 9.96. The monoisotopic (exact) mass is 222 g/mol. The molecular weight excluding hydrogens is 204 g/mol. The van der Waals surface area contributed by atoms with E-state index >= 15 is 0 Å². The van der Waals surface area contributed by atoms with E-state index in [2.05, 4.69) is 5.10 Å². The quantitative estimate of drug-likeness (QED) is 0.782. The molecule has 1 aliphatic carbocycles. The largest absolute Gasteiger partial charge is 0.476 e. The summed E-state index contributed by atoms with van der Waals surface area (Å²) in [7, 11) is 1.84. The molecule has 0 amide bonds. The molecule has 0 saturated heterocycles. The van der Waals surface area contributed by atoms with Crippen molar-refractivity contribution in [2.24, 2.45) is 7.05 Å². The molecule has 16 heavy (non-hydrogen) atoms. The molecule has 1 heterocycles. The van der Waals surface area contributed by atoms with Crippen LogP contribution in [-0.2, 0) is 7.05 Å². The van der Waals surface area contributed by atoms with Gasteiger partial charge in [0.2, 0.25) is 0 Å². The first kappa shape index (κ1) is 11.2. The van der Waals surface area contributed by atoms with Crippen LogP contribution in [0.1, 0.15) is 60.6 Å². The number of aryl methyl sites for hydroxylation is 1. The maximum absolute atomic E-state index is 10.8. The number of hydrogen-bond acceptors (Lipinski definition) is 2. The van der Waals surface area contributed by atoms with Crippen molar-refractivity contribution in [3.8, 4) is 0 Å². The lowest BCUT2D eigenvalue weighted by molar-refractivity contribution is 0.0689. The lowest BCUT2D eigenvalue weighted by Crippen LogP contribution is -2.05. The predicted octanol–water partition coefficient (Wildman–Crippen LogP) is 2.56. The summed E-state index contributed by atoms with van der Waals surface area (Å²) in [6.45, 7) is 0. The first-order valence-corrected chi connectivity index (χ1v) is 5.95. The fourth-order valence-electron chi connectivity index (χ4n) is 2.54. The van der Waals surface area contributed by atoms with Gasteiger partial charge in [-0.1, -0.05) is 25.7 Å². The molecule has 0 aromatic carbocycles. The molecule has 1 aromatic heterocycles. The third-order valence-corrected chi connectivity index (χ3v) is 3.41. The van der Waals surface area contributed by atoms with Crippen LogP contribution >= 0.6 is 0 Å². The smallest absolute Gasteiger partial charge is 0.356 e. The van der Waals surface area contributed by atoms with Gasteiger partial charge in [0.05, 0.1) is 0 Å². The van der Waals surface area contributed by atoms with Gasteiger partial charge in [0.25, 0.3) is 0 Å². The first-order chi connectivity index (χ1) is 7.68. The fraction of sp³-hybridized carbons (Fsp3) is 0.667. The molecule has 0 spiro atoms. The number of nitrogens with zero attached hydrogens (tertiary/aromatic N) is 2. The van der Waals surface area contributed by atoms with E-state index < -0.39 is 5.97 Å². The van der Waals surface area contributed by atoms with Gasteiger partial charge in [0, 0.05) is 18.7 Å². The average Bonchev–Trinajstić information content (AvgIpc) is 2.50. The number of carbonyl (C=O) groups is 1. The SMILES string of the molecule is Cn1nc(C(=O)O)cc1C1CCCCCC1. The van der Waals surface area contributed by atoms with Gasteiger partial charge in [-0.25, -0.2) is 4.79 Å². The minimum Gasteiger partial charge on any atom is -0.476 e. The highest BCUT2D eigenvalue weighted by Gasteiger charge is 2.20. The Balaban J connectivity index is 2.21. The highest BCUT2D eigenvalue weighted by Crippen LogP contribution is 2.31. The van der Waals surface area contributed by atoms with Crippen LogP contribution in [0.2, 0.25) is 0 Å². The summed E-state index contributed by atoms with van der Waals surface area (Å²) in [5.41, 5.74) is 1.25. The topological polar surface area (TPSA) is 55.1 Å². The molecule has 0 atom stereocenters. The van der Waals surface area contributed by atoms with Gasteiger partial charge in [-0.3, -0.25) is 4.68 Å². The Labute approximate surface area is 95.3 Å². The molecule has 1 fully saturated rings. The number of rotatable bonds is 2. The third-order valence-electron chi connectivity index (χ3n) is 3.41. The summed E-state index contributed by atoms with van der Waals surface area (Å²) in [5.74, 6) is -0.441. The third kappa shape index (κ3) is 2.26. The molecule has 2 rings (SSSR count). The minimum absolute atomic E-state index is 0.168. The summed E-state index contributed by atoms with van der Waals surface area (Å²) in [5, 5.41) is 12.9. The normalized spacial score (nSPS) is 18.3. The number of aromatic carboxylic acids is 1. The number of carboxylic acid groups (broad SMARTS) is 1. The zero-order valence-corrected chi connectivity index (χ0v) is 9.65. The van der Waals surface area contributed by atoms with E-state index in [0.717, 1.165) is 5.69 Å². The molecule has 0 bridgehead atoms. The molecule has 4 heteroatoms. The number of aromatic nitrogens is 2. The van der Waals surface area contributed by atoms with E-state index in [-0.39, 0.29) is 5.69 Å². The molecule has 1 saturated carbocycles. The molecule has 1 N–H and O–H groups in total. The van der Waals surface area contributed by atoms with Crippen molar-refractivity contribution in [3.63, 3.8) is 0 Å². The molecule has 4 nitrogen and oxygen atoms in total. The second-order valence-corrected chi connectivity index (χ2v) is 4.57. The Morgan fingerprint density at radius 2 is 2.00 bits per heavy atom. The number of hydrogen-bond donors (Lipinski definition) is 1. The Hall–Kier alpha value is -1.32. The van der Waals surface area contributed by atoms with Crippen LogP contribution in [0.25, 0.3) is 0 Å². The Kier molecular flexibility index (Phi) is 3.27. The maximum atomic E-state index is 10.8. The van der Waals surface area contributed by atoms with Crippen LogP contribution < -0.4 is 0 Å². The van der Waals surface area contributed by atoms with Crippen LogP contribution in [0, 0.1) is 0 Å². The van der Waals surface area contributed by atoms with Crippen LogP contribution in [-0.4, -0.2) is 20.9 Å². The van der Waals surface area contributed by atoms with E-state index in [0.29, 0.717) is 5.92 Å². The first-order valence-electron chi connectivity index (χ1n) is 5.95. The van der Waals surface area contributed by atoms with Gasteiger partial charge >= 0.3 is 5.97 Å². The van der Waals surface area contributed by atoms with Crippen molar-refractivity contribution >= 4 is 5.97 Å². The van der Waals surface area contributed by atoms with E-state index in [4.69, 9.17) is 5.11 Å². The Bertz CT molecular complexity index is 376. The van der Waals surface area contributed by atoms with E-state index in [1.165, 1.54) is 38.5 Å². The highest BCUT2D eigenvalue weighted by molar-refractivity contribution is 5.85. The summed E-state index contributed by atoms with van der Waals surface area (Å²) < 4.78 is 1.74. The maximum Gasteiger partial charge on any atom is 0.356 e. The van der Waals surface area contributed by atoms with Gasteiger partial charge in [-0.05, 0) is 18.9 Å². The van der Waals surface area contributed by atoms with Gasteiger partial charge in [-0.2, -0.15) is 5.10 Å². The molecule has 1 aromatic rings.